The van der Waals surface area contributed by atoms with Crippen LogP contribution in [0.3, 0.4) is 0 Å². The average molecular weight is 402 g/mol. The number of rotatable bonds is 3. The third-order valence-corrected chi connectivity index (χ3v) is 4.99. The fourth-order valence-electron chi connectivity index (χ4n) is 3.35. The van der Waals surface area contributed by atoms with Crippen LogP contribution < -0.4 is 14.4 Å². The first-order chi connectivity index (χ1) is 13.6. The summed E-state index contributed by atoms with van der Waals surface area (Å²) in [4.78, 5) is 18.2. The molecule has 0 radical (unpaired) electrons. The van der Waals surface area contributed by atoms with Crippen molar-refractivity contribution in [2.24, 2.45) is 0 Å². The van der Waals surface area contributed by atoms with Crippen molar-refractivity contribution in [3.8, 4) is 23.0 Å². The van der Waals surface area contributed by atoms with E-state index in [4.69, 9.17) is 25.6 Å². The molecule has 1 saturated heterocycles. The second kappa shape index (κ2) is 6.49. The highest BCUT2D eigenvalue weighted by Gasteiger charge is 2.36. The molecule has 2 aliphatic rings. The lowest BCUT2D eigenvalue weighted by Gasteiger charge is -2.17. The van der Waals surface area contributed by atoms with Gasteiger partial charge in [-0.1, -0.05) is 16.8 Å². The molecule has 2 aliphatic heterocycles. The van der Waals surface area contributed by atoms with Crippen molar-refractivity contribution < 1.29 is 23.2 Å². The van der Waals surface area contributed by atoms with Crippen LogP contribution >= 0.6 is 11.6 Å². The van der Waals surface area contributed by atoms with Crippen LogP contribution in [0.4, 0.5) is 10.1 Å². The fraction of sp³-hybridized carbons (Fsp3) is 0.211. The first-order valence-electron chi connectivity index (χ1n) is 8.57. The molecule has 1 aromatic heterocycles. The first-order valence-corrected chi connectivity index (χ1v) is 8.95. The molecule has 0 N–H and O–H groups in total. The highest BCUT2D eigenvalue weighted by molar-refractivity contribution is 6.31. The molecule has 0 saturated carbocycles. The molecule has 0 spiro atoms. The van der Waals surface area contributed by atoms with Gasteiger partial charge in [0, 0.05) is 29.5 Å². The molecule has 142 valence electrons. The van der Waals surface area contributed by atoms with Crippen molar-refractivity contribution >= 4 is 23.2 Å². The Labute approximate surface area is 163 Å². The second-order valence-electron chi connectivity index (χ2n) is 6.53. The predicted molar refractivity (Wildman–Crippen MR) is 97.0 cm³/mol. The van der Waals surface area contributed by atoms with Crippen LogP contribution in [0.1, 0.15) is 18.2 Å². The van der Waals surface area contributed by atoms with E-state index >= 15 is 0 Å². The summed E-state index contributed by atoms with van der Waals surface area (Å²) in [7, 11) is 0. The first kappa shape index (κ1) is 17.0. The van der Waals surface area contributed by atoms with Gasteiger partial charge in [-0.2, -0.15) is 4.98 Å². The van der Waals surface area contributed by atoms with Crippen molar-refractivity contribution in [3.63, 3.8) is 0 Å². The minimum absolute atomic E-state index is 0.152. The molecule has 1 amide bonds. The van der Waals surface area contributed by atoms with Crippen LogP contribution in [0, 0.1) is 5.82 Å². The maximum absolute atomic E-state index is 14.1. The van der Waals surface area contributed by atoms with Gasteiger partial charge in [0.15, 0.2) is 17.3 Å². The molecule has 0 aliphatic carbocycles. The predicted octanol–water partition coefficient (Wildman–Crippen LogP) is 3.78. The topological polar surface area (TPSA) is 77.7 Å². The number of fused-ring (bicyclic) bond motifs is 1. The number of anilines is 1. The molecule has 3 heterocycles. The summed E-state index contributed by atoms with van der Waals surface area (Å²) in [5.41, 5.74) is 0.838. The molecule has 28 heavy (non-hydrogen) atoms. The van der Waals surface area contributed by atoms with Gasteiger partial charge >= 0.3 is 0 Å². The van der Waals surface area contributed by atoms with Crippen LogP contribution in [-0.4, -0.2) is 29.4 Å². The zero-order valence-electron chi connectivity index (χ0n) is 14.4. The van der Waals surface area contributed by atoms with Crippen molar-refractivity contribution in [1.82, 2.24) is 10.1 Å². The number of halogens is 2. The van der Waals surface area contributed by atoms with E-state index in [1.54, 1.807) is 18.2 Å². The molecule has 1 unspecified atom stereocenters. The zero-order chi connectivity index (χ0) is 19.3. The number of benzene rings is 2. The van der Waals surface area contributed by atoms with Gasteiger partial charge in [-0.3, -0.25) is 4.79 Å². The van der Waals surface area contributed by atoms with Crippen LogP contribution in [0.5, 0.6) is 11.5 Å². The van der Waals surface area contributed by atoms with E-state index in [1.807, 2.05) is 0 Å². The molecule has 3 aromatic rings. The molecule has 5 rings (SSSR count). The van der Waals surface area contributed by atoms with E-state index in [9.17, 15) is 9.18 Å². The monoisotopic (exact) mass is 401 g/mol. The third-order valence-electron chi connectivity index (χ3n) is 4.75. The van der Waals surface area contributed by atoms with Crippen LogP contribution in [0.2, 0.25) is 5.02 Å². The Balaban J connectivity index is 1.39. The summed E-state index contributed by atoms with van der Waals surface area (Å²) < 4.78 is 30.1. The Morgan fingerprint density at radius 3 is 2.89 bits per heavy atom. The normalized spacial score (nSPS) is 18.1. The number of hydrogen-bond acceptors (Lipinski definition) is 6. The summed E-state index contributed by atoms with van der Waals surface area (Å²) in [6.45, 7) is 0.421. The van der Waals surface area contributed by atoms with Gasteiger partial charge in [-0.25, -0.2) is 4.39 Å². The highest BCUT2D eigenvalue weighted by atomic mass is 35.5. The van der Waals surface area contributed by atoms with Gasteiger partial charge in [-0.05, 0) is 36.4 Å². The molecule has 1 atom stereocenters. The van der Waals surface area contributed by atoms with Crippen molar-refractivity contribution in [2.75, 3.05) is 18.2 Å². The lowest BCUT2D eigenvalue weighted by atomic mass is 10.1. The molecule has 1 fully saturated rings. The van der Waals surface area contributed by atoms with Gasteiger partial charge in [0.25, 0.3) is 5.89 Å². The second-order valence-corrected chi connectivity index (χ2v) is 6.96. The average Bonchev–Trinajstić information content (AvgIpc) is 3.42. The maximum Gasteiger partial charge on any atom is 0.258 e. The standard InChI is InChI=1S/C19H13ClFN3O4/c20-12-2-3-13(21)14(7-12)24-8-11(6-17(24)25)18-22-19(28-23-18)10-1-4-15-16(5-10)27-9-26-15/h1-5,7,11H,6,8-9H2. The molecular formula is C19H13ClFN3O4. The number of nitrogens with zero attached hydrogens (tertiary/aromatic N) is 3. The lowest BCUT2D eigenvalue weighted by molar-refractivity contribution is -0.117. The highest BCUT2D eigenvalue weighted by Crippen LogP contribution is 2.37. The number of carbonyl (C=O) groups excluding carboxylic acids is 1. The Morgan fingerprint density at radius 2 is 2.00 bits per heavy atom. The largest absolute Gasteiger partial charge is 0.454 e. The lowest BCUT2D eigenvalue weighted by Crippen LogP contribution is -2.25. The molecule has 9 heteroatoms. The SMILES string of the molecule is O=C1CC(c2noc(-c3ccc4c(c3)OCO4)n2)CN1c1cc(Cl)ccc1F. The van der Waals surface area contributed by atoms with Crippen LogP contribution in [0.25, 0.3) is 11.5 Å². The van der Waals surface area contributed by atoms with Gasteiger partial charge in [0.05, 0.1) is 5.69 Å². The number of amides is 1. The molecular weight excluding hydrogens is 389 g/mol. The van der Waals surface area contributed by atoms with E-state index in [1.165, 1.54) is 23.1 Å². The number of carbonyl (C=O) groups is 1. The summed E-state index contributed by atoms with van der Waals surface area (Å²) in [5, 5.41) is 4.37. The van der Waals surface area contributed by atoms with E-state index in [0.717, 1.165) is 0 Å². The fourth-order valence-corrected chi connectivity index (χ4v) is 3.52. The Hall–Kier alpha value is -3.13. The van der Waals surface area contributed by atoms with E-state index in [-0.39, 0.29) is 37.3 Å². The Kier molecular flexibility index (Phi) is 3.94. The zero-order valence-corrected chi connectivity index (χ0v) is 15.1. The number of aromatic nitrogens is 2. The quantitative estimate of drug-likeness (QED) is 0.664. The summed E-state index contributed by atoms with van der Waals surface area (Å²) in [5.74, 6) is 0.935. The van der Waals surface area contributed by atoms with Crippen molar-refractivity contribution in [3.05, 3.63) is 53.1 Å². The smallest absolute Gasteiger partial charge is 0.258 e. The molecule has 0 bridgehead atoms. The van der Waals surface area contributed by atoms with Crippen molar-refractivity contribution in [1.29, 1.82) is 0 Å². The van der Waals surface area contributed by atoms with E-state index < -0.39 is 5.82 Å². The summed E-state index contributed by atoms with van der Waals surface area (Å²) in [6, 6.07) is 9.43. The van der Waals surface area contributed by atoms with Gasteiger partial charge in [-0.15, -0.1) is 0 Å². The third kappa shape index (κ3) is 2.86. The van der Waals surface area contributed by atoms with E-state index in [0.29, 0.717) is 33.8 Å². The minimum Gasteiger partial charge on any atom is -0.454 e. The van der Waals surface area contributed by atoms with Gasteiger partial charge in [0.1, 0.15) is 5.82 Å². The number of hydrogen-bond donors (Lipinski definition) is 0. The van der Waals surface area contributed by atoms with Crippen molar-refractivity contribution in [2.45, 2.75) is 12.3 Å². The Bertz CT molecular complexity index is 1090. The minimum atomic E-state index is -0.507. The van der Waals surface area contributed by atoms with Crippen LogP contribution in [-0.2, 0) is 4.79 Å². The maximum atomic E-state index is 14.1. The van der Waals surface area contributed by atoms with Crippen LogP contribution in [0.15, 0.2) is 40.9 Å². The Morgan fingerprint density at radius 1 is 1.14 bits per heavy atom. The molecule has 7 nitrogen and oxygen atoms in total. The summed E-state index contributed by atoms with van der Waals surface area (Å²) >= 11 is 5.94. The summed E-state index contributed by atoms with van der Waals surface area (Å²) in [6.07, 6.45) is 0.159. The van der Waals surface area contributed by atoms with Gasteiger partial charge < -0.3 is 18.9 Å². The number of ether oxygens (including phenoxy) is 2. The van der Waals surface area contributed by atoms with Gasteiger partial charge in [0.2, 0.25) is 12.7 Å². The van der Waals surface area contributed by atoms with E-state index in [2.05, 4.69) is 10.1 Å². The molecule has 2 aromatic carbocycles.